The van der Waals surface area contributed by atoms with E-state index in [2.05, 4.69) is 5.32 Å². The van der Waals surface area contributed by atoms with Crippen LogP contribution in [0.1, 0.15) is 31.7 Å². The molecule has 1 heterocycles. The number of aliphatic hydroxyl groups excluding tert-OH is 2. The molecule has 144 valence electrons. The molecule has 1 fully saturated rings. The fraction of sp³-hybridized carbons (Fsp3) is 0.579. The number of hydrogen-bond donors (Lipinski definition) is 3. The number of piperidine rings is 1. The van der Waals surface area contributed by atoms with Crippen LogP contribution < -0.4 is 5.32 Å². The van der Waals surface area contributed by atoms with Crippen molar-refractivity contribution in [1.82, 2.24) is 10.2 Å². The molecule has 1 atom stereocenters. The van der Waals surface area contributed by atoms with Gasteiger partial charge in [-0.15, -0.1) is 0 Å². The number of likely N-dealkylation sites (tertiary alicyclic amines) is 1. The molecule has 0 aliphatic carbocycles. The van der Waals surface area contributed by atoms with Gasteiger partial charge in [0.15, 0.2) is 0 Å². The average molecular weight is 383 g/mol. The number of hydrogen-bond acceptors (Lipinski definition) is 4. The maximum absolute atomic E-state index is 12.6. The largest absolute Gasteiger partial charge is 0.394 e. The van der Waals surface area contributed by atoms with Crippen LogP contribution in [0.3, 0.4) is 0 Å². The zero-order valence-electron chi connectivity index (χ0n) is 15.1. The summed E-state index contributed by atoms with van der Waals surface area (Å²) in [7, 11) is 0. The summed E-state index contributed by atoms with van der Waals surface area (Å²) < 4.78 is 0. The number of carbonyl (C=O) groups excluding carboxylic acids is 2. The molecule has 1 aliphatic rings. The summed E-state index contributed by atoms with van der Waals surface area (Å²) in [5, 5.41) is 22.4. The first-order chi connectivity index (χ1) is 12.4. The van der Waals surface area contributed by atoms with E-state index in [0.717, 1.165) is 5.56 Å². The Bertz CT molecular complexity index is 608. The first-order valence-corrected chi connectivity index (χ1v) is 9.37. The molecule has 6 nitrogen and oxygen atoms in total. The molecular weight excluding hydrogens is 356 g/mol. The summed E-state index contributed by atoms with van der Waals surface area (Å²) in [5.41, 5.74) is 0.0755. The molecule has 2 amide bonds. The second-order valence-corrected chi connectivity index (χ2v) is 7.33. The first kappa shape index (κ1) is 20.7. The average Bonchev–Trinajstić information content (AvgIpc) is 2.66. The lowest BCUT2D eigenvalue weighted by molar-refractivity contribution is -0.139. The molecule has 3 N–H and O–H groups in total. The zero-order valence-corrected chi connectivity index (χ0v) is 15.8. The summed E-state index contributed by atoms with van der Waals surface area (Å²) >= 11 is 5.88. The highest BCUT2D eigenvalue weighted by molar-refractivity contribution is 6.30. The number of nitrogens with zero attached hydrogens (tertiary/aromatic N) is 1. The van der Waals surface area contributed by atoms with Crippen molar-refractivity contribution in [3.63, 3.8) is 0 Å². The van der Waals surface area contributed by atoms with E-state index in [1.807, 2.05) is 24.3 Å². The molecule has 1 aliphatic heterocycles. The van der Waals surface area contributed by atoms with Gasteiger partial charge in [-0.05, 0) is 37.0 Å². The van der Waals surface area contributed by atoms with Gasteiger partial charge in [0.2, 0.25) is 11.8 Å². The maximum atomic E-state index is 12.6. The van der Waals surface area contributed by atoms with E-state index in [-0.39, 0.29) is 30.9 Å². The van der Waals surface area contributed by atoms with Gasteiger partial charge in [0.25, 0.3) is 0 Å². The van der Waals surface area contributed by atoms with Crippen LogP contribution in [0.5, 0.6) is 0 Å². The Hall–Kier alpha value is -1.63. The van der Waals surface area contributed by atoms with Gasteiger partial charge in [0.1, 0.15) is 0 Å². The van der Waals surface area contributed by atoms with Crippen molar-refractivity contribution in [2.75, 3.05) is 26.3 Å². The van der Waals surface area contributed by atoms with Gasteiger partial charge in [0.05, 0.1) is 24.7 Å². The van der Waals surface area contributed by atoms with Crippen LogP contribution in [0, 0.1) is 5.92 Å². The Labute approximate surface area is 159 Å². The minimum absolute atomic E-state index is 0.0501. The van der Waals surface area contributed by atoms with E-state index in [4.69, 9.17) is 11.6 Å². The van der Waals surface area contributed by atoms with Crippen LogP contribution in [0.4, 0.5) is 0 Å². The van der Waals surface area contributed by atoms with Crippen molar-refractivity contribution in [2.45, 2.75) is 38.1 Å². The fourth-order valence-corrected chi connectivity index (χ4v) is 3.19. The Morgan fingerprint density at radius 2 is 1.96 bits per heavy atom. The van der Waals surface area contributed by atoms with Crippen molar-refractivity contribution in [1.29, 1.82) is 0 Å². The van der Waals surface area contributed by atoms with Crippen LogP contribution in [-0.2, 0) is 16.0 Å². The van der Waals surface area contributed by atoms with Gasteiger partial charge in [-0.1, -0.05) is 30.7 Å². The van der Waals surface area contributed by atoms with Gasteiger partial charge < -0.3 is 20.4 Å². The predicted molar refractivity (Wildman–Crippen MR) is 99.8 cm³/mol. The maximum Gasteiger partial charge on any atom is 0.225 e. The highest BCUT2D eigenvalue weighted by Gasteiger charge is 2.35. The van der Waals surface area contributed by atoms with Gasteiger partial charge in [-0.25, -0.2) is 0 Å². The van der Waals surface area contributed by atoms with E-state index >= 15 is 0 Å². The number of halogens is 1. The van der Waals surface area contributed by atoms with E-state index < -0.39 is 5.54 Å². The van der Waals surface area contributed by atoms with E-state index in [9.17, 15) is 19.8 Å². The summed E-state index contributed by atoms with van der Waals surface area (Å²) in [5.74, 6) is -0.505. The minimum atomic E-state index is -1.01. The van der Waals surface area contributed by atoms with Crippen LogP contribution in [0.2, 0.25) is 5.02 Å². The van der Waals surface area contributed by atoms with Crippen molar-refractivity contribution < 1.29 is 19.8 Å². The number of nitrogens with one attached hydrogen (secondary N) is 1. The number of benzene rings is 1. The summed E-state index contributed by atoms with van der Waals surface area (Å²) in [4.78, 5) is 26.5. The highest BCUT2D eigenvalue weighted by Crippen LogP contribution is 2.20. The van der Waals surface area contributed by atoms with Gasteiger partial charge in [0, 0.05) is 24.5 Å². The first-order valence-electron chi connectivity index (χ1n) is 8.99. The van der Waals surface area contributed by atoms with Gasteiger partial charge in [-0.2, -0.15) is 0 Å². The molecule has 7 heteroatoms. The number of carbonyl (C=O) groups is 2. The topological polar surface area (TPSA) is 89.9 Å². The standard InChI is InChI=1S/C19H27ClN2O4/c1-2-19(12-23,13-24)21-18(26)15-5-8-17(25)22(11-15)10-9-14-3-6-16(20)7-4-14/h3-4,6-7,15,23-24H,2,5,8-13H2,1H3,(H,21,26)/t15-/m1/s1. The molecule has 0 bridgehead atoms. The molecule has 0 aromatic heterocycles. The molecule has 2 rings (SSSR count). The predicted octanol–water partition coefficient (Wildman–Crippen LogP) is 1.37. The van der Waals surface area contributed by atoms with E-state index in [1.54, 1.807) is 11.8 Å². The van der Waals surface area contributed by atoms with E-state index in [1.165, 1.54) is 0 Å². The Kier molecular flexibility index (Phi) is 7.43. The Morgan fingerprint density at radius 1 is 1.31 bits per heavy atom. The second kappa shape index (κ2) is 9.35. The number of aliphatic hydroxyl groups is 2. The van der Waals surface area contributed by atoms with Gasteiger partial charge in [-0.3, -0.25) is 9.59 Å². The third-order valence-electron chi connectivity index (χ3n) is 5.13. The molecule has 1 saturated heterocycles. The molecule has 0 radical (unpaired) electrons. The van der Waals surface area contributed by atoms with Crippen LogP contribution in [-0.4, -0.2) is 58.8 Å². The highest BCUT2D eigenvalue weighted by atomic mass is 35.5. The minimum Gasteiger partial charge on any atom is -0.394 e. The molecule has 26 heavy (non-hydrogen) atoms. The number of amides is 2. The van der Waals surface area contributed by atoms with Crippen molar-refractivity contribution in [2.24, 2.45) is 5.92 Å². The Morgan fingerprint density at radius 3 is 2.54 bits per heavy atom. The van der Waals surface area contributed by atoms with Gasteiger partial charge >= 0.3 is 0 Å². The third-order valence-corrected chi connectivity index (χ3v) is 5.38. The monoisotopic (exact) mass is 382 g/mol. The molecule has 0 saturated carbocycles. The lowest BCUT2D eigenvalue weighted by Crippen LogP contribution is -2.57. The molecular formula is C19H27ClN2O4. The smallest absolute Gasteiger partial charge is 0.225 e. The van der Waals surface area contributed by atoms with Crippen LogP contribution >= 0.6 is 11.6 Å². The summed E-state index contributed by atoms with van der Waals surface area (Å²) in [6, 6.07) is 7.50. The van der Waals surface area contributed by atoms with Crippen molar-refractivity contribution >= 4 is 23.4 Å². The van der Waals surface area contributed by atoms with E-state index in [0.29, 0.717) is 43.8 Å². The summed E-state index contributed by atoms with van der Waals surface area (Å²) in [6.07, 6.45) is 1.94. The van der Waals surface area contributed by atoms with Crippen molar-refractivity contribution in [3.05, 3.63) is 34.9 Å². The molecule has 1 aromatic rings. The Balaban J connectivity index is 1.94. The quantitative estimate of drug-likeness (QED) is 0.633. The zero-order chi connectivity index (χ0) is 19.2. The molecule has 0 unspecified atom stereocenters. The normalized spacial score (nSPS) is 18.1. The fourth-order valence-electron chi connectivity index (χ4n) is 3.06. The number of rotatable bonds is 8. The molecule has 0 spiro atoms. The SMILES string of the molecule is CCC(CO)(CO)NC(=O)[C@@H]1CCC(=O)N(CCc2ccc(Cl)cc2)C1. The van der Waals surface area contributed by atoms with Crippen molar-refractivity contribution in [3.8, 4) is 0 Å². The lowest BCUT2D eigenvalue weighted by Gasteiger charge is -2.35. The summed E-state index contributed by atoms with van der Waals surface area (Å²) in [6.45, 7) is 2.06. The third kappa shape index (κ3) is 5.19. The lowest BCUT2D eigenvalue weighted by atomic mass is 9.92. The van der Waals surface area contributed by atoms with Crippen LogP contribution in [0.25, 0.3) is 0 Å². The second-order valence-electron chi connectivity index (χ2n) is 6.89. The van der Waals surface area contributed by atoms with Crippen LogP contribution in [0.15, 0.2) is 24.3 Å². The molecule has 1 aromatic carbocycles.